The van der Waals surface area contributed by atoms with Gasteiger partial charge in [-0.05, 0) is 27.3 Å². The zero-order valence-corrected chi connectivity index (χ0v) is 12.6. The van der Waals surface area contributed by atoms with Gasteiger partial charge in [0.1, 0.15) is 6.10 Å². The summed E-state index contributed by atoms with van der Waals surface area (Å²) in [5, 5.41) is 6.06. The van der Waals surface area contributed by atoms with Crippen molar-refractivity contribution in [3.05, 3.63) is 0 Å². The lowest BCUT2D eigenvalue weighted by Crippen LogP contribution is -2.42. The summed E-state index contributed by atoms with van der Waals surface area (Å²) in [5.74, 6) is -0.0775. The molecule has 1 amide bonds. The SMILES string of the molecule is CCN[C@H](C)CNC(=O)C(C)OCCOCC.Cl. The molecule has 2 N–H and O–H groups in total. The van der Waals surface area contributed by atoms with E-state index < -0.39 is 6.10 Å². The van der Waals surface area contributed by atoms with Gasteiger partial charge < -0.3 is 20.1 Å². The van der Waals surface area contributed by atoms with Gasteiger partial charge >= 0.3 is 0 Å². The highest BCUT2D eigenvalue weighted by Gasteiger charge is 2.13. The first-order chi connectivity index (χ1) is 8.11. The van der Waals surface area contributed by atoms with Crippen molar-refractivity contribution >= 4 is 18.3 Å². The molecule has 0 saturated heterocycles. The second kappa shape index (κ2) is 13.1. The van der Waals surface area contributed by atoms with E-state index in [2.05, 4.69) is 10.6 Å². The lowest BCUT2D eigenvalue weighted by Gasteiger charge is -2.16. The van der Waals surface area contributed by atoms with Crippen molar-refractivity contribution in [1.29, 1.82) is 0 Å². The van der Waals surface area contributed by atoms with Crippen LogP contribution < -0.4 is 10.6 Å². The topological polar surface area (TPSA) is 59.6 Å². The molecule has 0 spiro atoms. The summed E-state index contributed by atoms with van der Waals surface area (Å²) in [6.07, 6.45) is -0.427. The van der Waals surface area contributed by atoms with E-state index in [1.165, 1.54) is 0 Å². The van der Waals surface area contributed by atoms with Crippen LogP contribution in [0.5, 0.6) is 0 Å². The van der Waals surface area contributed by atoms with E-state index in [0.717, 1.165) is 6.54 Å². The van der Waals surface area contributed by atoms with Gasteiger partial charge in [0.2, 0.25) is 5.91 Å². The van der Waals surface area contributed by atoms with Crippen molar-refractivity contribution in [3.63, 3.8) is 0 Å². The smallest absolute Gasteiger partial charge is 0.248 e. The van der Waals surface area contributed by atoms with Crippen molar-refractivity contribution in [2.45, 2.75) is 39.8 Å². The summed E-state index contributed by atoms with van der Waals surface area (Å²) in [4.78, 5) is 11.6. The molecule has 6 heteroatoms. The van der Waals surface area contributed by atoms with Gasteiger partial charge in [-0.25, -0.2) is 0 Å². The normalized spacial score (nSPS) is 13.6. The predicted octanol–water partition coefficient (Wildman–Crippen LogP) is 0.964. The van der Waals surface area contributed by atoms with Crippen LogP contribution in [-0.4, -0.2) is 51.0 Å². The van der Waals surface area contributed by atoms with Gasteiger partial charge in [-0.2, -0.15) is 0 Å². The second-order valence-corrected chi connectivity index (χ2v) is 3.91. The van der Waals surface area contributed by atoms with Crippen LogP contribution in [0.25, 0.3) is 0 Å². The first-order valence-corrected chi connectivity index (χ1v) is 6.32. The number of rotatable bonds is 10. The van der Waals surface area contributed by atoms with Gasteiger partial charge in [0.05, 0.1) is 13.2 Å². The molecule has 0 aromatic carbocycles. The third-order valence-corrected chi connectivity index (χ3v) is 2.30. The fourth-order valence-corrected chi connectivity index (χ4v) is 1.32. The van der Waals surface area contributed by atoms with Gasteiger partial charge in [0.15, 0.2) is 0 Å². The molecule has 2 atom stereocenters. The van der Waals surface area contributed by atoms with Crippen LogP contribution in [0, 0.1) is 0 Å². The molecule has 0 saturated carbocycles. The Morgan fingerprint density at radius 2 is 1.89 bits per heavy atom. The molecule has 0 heterocycles. The zero-order valence-electron chi connectivity index (χ0n) is 11.8. The number of likely N-dealkylation sites (N-methyl/N-ethyl adjacent to an activating group) is 1. The van der Waals surface area contributed by atoms with E-state index in [1.807, 2.05) is 20.8 Å². The van der Waals surface area contributed by atoms with Crippen molar-refractivity contribution in [3.8, 4) is 0 Å². The molecule has 0 aliphatic rings. The summed E-state index contributed by atoms with van der Waals surface area (Å²) in [6.45, 7) is 10.9. The monoisotopic (exact) mass is 282 g/mol. The van der Waals surface area contributed by atoms with Crippen LogP contribution in [-0.2, 0) is 14.3 Å². The minimum absolute atomic E-state index is 0. The largest absolute Gasteiger partial charge is 0.379 e. The van der Waals surface area contributed by atoms with Crippen LogP contribution in [0.2, 0.25) is 0 Å². The molecule has 0 aromatic heterocycles. The maximum absolute atomic E-state index is 11.6. The number of amides is 1. The van der Waals surface area contributed by atoms with Gasteiger partial charge in [-0.15, -0.1) is 12.4 Å². The molecular weight excluding hydrogens is 256 g/mol. The highest BCUT2D eigenvalue weighted by atomic mass is 35.5. The zero-order chi connectivity index (χ0) is 13.1. The van der Waals surface area contributed by atoms with Gasteiger partial charge in [0.25, 0.3) is 0 Å². The lowest BCUT2D eigenvalue weighted by atomic mass is 10.3. The van der Waals surface area contributed by atoms with Crippen LogP contribution in [0.15, 0.2) is 0 Å². The maximum atomic E-state index is 11.6. The van der Waals surface area contributed by atoms with E-state index in [0.29, 0.717) is 26.4 Å². The highest BCUT2D eigenvalue weighted by molar-refractivity contribution is 5.85. The fourth-order valence-electron chi connectivity index (χ4n) is 1.32. The van der Waals surface area contributed by atoms with Gasteiger partial charge in [-0.1, -0.05) is 6.92 Å². The van der Waals surface area contributed by atoms with Gasteiger partial charge in [-0.3, -0.25) is 4.79 Å². The van der Waals surface area contributed by atoms with Gasteiger partial charge in [0, 0.05) is 19.2 Å². The molecule has 1 unspecified atom stereocenters. The summed E-state index contributed by atoms with van der Waals surface area (Å²) in [6, 6.07) is 0.277. The quantitative estimate of drug-likeness (QED) is 0.586. The summed E-state index contributed by atoms with van der Waals surface area (Å²) < 4.78 is 10.5. The Morgan fingerprint density at radius 3 is 2.44 bits per heavy atom. The molecule has 0 rings (SSSR count). The number of carbonyl (C=O) groups excluding carboxylic acids is 1. The lowest BCUT2D eigenvalue weighted by molar-refractivity contribution is -0.132. The van der Waals surface area contributed by atoms with Crippen LogP contribution >= 0.6 is 12.4 Å². The number of ether oxygens (including phenoxy) is 2. The molecule has 0 bridgehead atoms. The van der Waals surface area contributed by atoms with Crippen molar-refractivity contribution in [1.82, 2.24) is 10.6 Å². The van der Waals surface area contributed by atoms with E-state index >= 15 is 0 Å². The third kappa shape index (κ3) is 10.8. The molecule has 110 valence electrons. The number of nitrogens with one attached hydrogen (secondary N) is 2. The van der Waals surface area contributed by atoms with Crippen molar-refractivity contribution in [2.75, 3.05) is 32.9 Å². The first-order valence-electron chi connectivity index (χ1n) is 6.32. The minimum atomic E-state index is -0.427. The van der Waals surface area contributed by atoms with Crippen molar-refractivity contribution < 1.29 is 14.3 Å². The molecule has 0 fully saturated rings. The number of halogens is 1. The summed E-state index contributed by atoms with van der Waals surface area (Å²) in [5.41, 5.74) is 0. The van der Waals surface area contributed by atoms with E-state index in [-0.39, 0.29) is 24.4 Å². The standard InChI is InChI=1S/C12H26N2O3.ClH/c1-5-13-10(3)9-14-12(15)11(4)17-8-7-16-6-2;/h10-11,13H,5-9H2,1-4H3,(H,14,15);1H/t10-,11?;/m1./s1. The summed E-state index contributed by atoms with van der Waals surface area (Å²) >= 11 is 0. The van der Waals surface area contributed by atoms with E-state index in [4.69, 9.17) is 9.47 Å². The number of hydrogen-bond donors (Lipinski definition) is 2. The van der Waals surface area contributed by atoms with E-state index in [1.54, 1.807) is 6.92 Å². The molecule has 0 aliphatic carbocycles. The Hall–Kier alpha value is -0.360. The first kappa shape index (κ1) is 20.0. The average molecular weight is 283 g/mol. The Kier molecular flexibility index (Phi) is 14.5. The molecule has 0 aliphatic heterocycles. The Morgan fingerprint density at radius 1 is 1.22 bits per heavy atom. The third-order valence-electron chi connectivity index (χ3n) is 2.30. The van der Waals surface area contributed by atoms with Crippen LogP contribution in [0.3, 0.4) is 0 Å². The summed E-state index contributed by atoms with van der Waals surface area (Å²) in [7, 11) is 0. The molecule has 18 heavy (non-hydrogen) atoms. The molecule has 5 nitrogen and oxygen atoms in total. The predicted molar refractivity (Wildman–Crippen MR) is 75.3 cm³/mol. The van der Waals surface area contributed by atoms with E-state index in [9.17, 15) is 4.79 Å². The van der Waals surface area contributed by atoms with Crippen LogP contribution in [0.1, 0.15) is 27.7 Å². The highest BCUT2D eigenvalue weighted by Crippen LogP contribution is 1.91. The second-order valence-electron chi connectivity index (χ2n) is 3.91. The van der Waals surface area contributed by atoms with Crippen molar-refractivity contribution in [2.24, 2.45) is 0 Å². The fraction of sp³-hybridized carbons (Fsp3) is 0.917. The number of carbonyl (C=O) groups is 1. The molecular formula is C12H27ClN2O3. The van der Waals surface area contributed by atoms with Crippen LogP contribution in [0.4, 0.5) is 0 Å². The maximum Gasteiger partial charge on any atom is 0.248 e. The Labute approximate surface area is 116 Å². The minimum Gasteiger partial charge on any atom is -0.379 e. The average Bonchev–Trinajstić information content (AvgIpc) is 2.31. The molecule has 0 aromatic rings. The number of hydrogen-bond acceptors (Lipinski definition) is 4. The Balaban J connectivity index is 0. The Bertz CT molecular complexity index is 206. The molecule has 0 radical (unpaired) electrons.